The van der Waals surface area contributed by atoms with Crippen LogP contribution in [0, 0.1) is 0 Å². The molecule has 162 valence electrons. The van der Waals surface area contributed by atoms with Gasteiger partial charge in [0.05, 0.1) is 18.1 Å². The minimum Gasteiger partial charge on any atom is -0.486 e. The van der Waals surface area contributed by atoms with Crippen LogP contribution >= 0.6 is 0 Å². The van der Waals surface area contributed by atoms with Crippen molar-refractivity contribution in [2.24, 2.45) is 0 Å². The van der Waals surface area contributed by atoms with E-state index in [4.69, 9.17) is 9.47 Å². The smallest absolute Gasteiger partial charge is 0.331 e. The van der Waals surface area contributed by atoms with Gasteiger partial charge < -0.3 is 19.4 Å². The second kappa shape index (κ2) is 9.20. The lowest BCUT2D eigenvalue weighted by atomic mass is 9.81. The SMILES string of the molecule is COC(=O)C1(NC(=O)Cn2c(COc3ccccc3)nc3ccccc32)CCCCC1. The first kappa shape index (κ1) is 20.9. The molecule has 0 saturated heterocycles. The molecule has 2 aromatic carbocycles. The molecule has 0 bridgehead atoms. The molecule has 1 N–H and O–H groups in total. The van der Waals surface area contributed by atoms with E-state index in [9.17, 15) is 9.59 Å². The predicted octanol–water partition coefficient (Wildman–Crippen LogP) is 3.61. The highest BCUT2D eigenvalue weighted by Gasteiger charge is 2.42. The average molecular weight is 421 g/mol. The van der Waals surface area contributed by atoms with E-state index in [2.05, 4.69) is 10.3 Å². The van der Waals surface area contributed by atoms with Crippen LogP contribution in [-0.4, -0.2) is 34.1 Å². The summed E-state index contributed by atoms with van der Waals surface area (Å²) in [5.41, 5.74) is 0.698. The van der Waals surface area contributed by atoms with Crippen LogP contribution in [0.5, 0.6) is 5.75 Å². The number of hydrogen-bond donors (Lipinski definition) is 1. The molecule has 7 nitrogen and oxygen atoms in total. The van der Waals surface area contributed by atoms with E-state index in [1.165, 1.54) is 7.11 Å². The van der Waals surface area contributed by atoms with Gasteiger partial charge in [-0.15, -0.1) is 0 Å². The summed E-state index contributed by atoms with van der Waals surface area (Å²) in [6.07, 6.45) is 4.03. The van der Waals surface area contributed by atoms with Crippen LogP contribution in [0.25, 0.3) is 11.0 Å². The third kappa shape index (κ3) is 4.55. The fourth-order valence-electron chi connectivity index (χ4n) is 4.26. The number of imidazole rings is 1. The van der Waals surface area contributed by atoms with Gasteiger partial charge in [0.15, 0.2) is 0 Å². The molecule has 4 rings (SSSR count). The summed E-state index contributed by atoms with van der Waals surface area (Å²) in [4.78, 5) is 30.2. The Morgan fingerprint density at radius 3 is 2.48 bits per heavy atom. The molecule has 7 heteroatoms. The van der Waals surface area contributed by atoms with Gasteiger partial charge in [0, 0.05) is 0 Å². The lowest BCUT2D eigenvalue weighted by Gasteiger charge is -2.35. The molecule has 0 radical (unpaired) electrons. The van der Waals surface area contributed by atoms with E-state index < -0.39 is 5.54 Å². The van der Waals surface area contributed by atoms with Gasteiger partial charge in [0.2, 0.25) is 5.91 Å². The second-order valence-corrected chi connectivity index (χ2v) is 7.89. The number of aromatic nitrogens is 2. The van der Waals surface area contributed by atoms with Crippen molar-refractivity contribution in [1.29, 1.82) is 0 Å². The Morgan fingerprint density at radius 2 is 1.74 bits per heavy atom. The highest BCUT2D eigenvalue weighted by atomic mass is 16.5. The van der Waals surface area contributed by atoms with Crippen molar-refractivity contribution in [1.82, 2.24) is 14.9 Å². The molecule has 1 amide bonds. The molecule has 31 heavy (non-hydrogen) atoms. The second-order valence-electron chi connectivity index (χ2n) is 7.89. The Labute approximate surface area is 181 Å². The van der Waals surface area contributed by atoms with E-state index in [0.717, 1.165) is 36.0 Å². The first-order chi connectivity index (χ1) is 15.1. The minimum absolute atomic E-state index is 0.0484. The van der Waals surface area contributed by atoms with Crippen molar-refractivity contribution >= 4 is 22.9 Å². The third-order valence-corrected chi connectivity index (χ3v) is 5.81. The van der Waals surface area contributed by atoms with E-state index >= 15 is 0 Å². The van der Waals surface area contributed by atoms with Gasteiger partial charge in [-0.3, -0.25) is 4.79 Å². The first-order valence-electron chi connectivity index (χ1n) is 10.6. The van der Waals surface area contributed by atoms with Gasteiger partial charge in [-0.2, -0.15) is 0 Å². The monoisotopic (exact) mass is 421 g/mol. The number of amides is 1. The molecule has 1 aliphatic rings. The highest BCUT2D eigenvalue weighted by molar-refractivity contribution is 5.89. The standard InChI is InChI=1S/C24H27N3O4/c1-30-23(29)24(14-8-3-9-15-24)26-22(28)16-27-20-13-7-6-12-19(20)25-21(27)17-31-18-10-4-2-5-11-18/h2,4-7,10-13H,3,8-9,14-17H2,1H3,(H,26,28). The van der Waals surface area contributed by atoms with E-state index in [1.54, 1.807) is 0 Å². The fraction of sp³-hybridized carbons (Fsp3) is 0.375. The van der Waals surface area contributed by atoms with E-state index in [0.29, 0.717) is 18.7 Å². The summed E-state index contributed by atoms with van der Waals surface area (Å²) in [5.74, 6) is 0.772. The van der Waals surface area contributed by atoms with Crippen LogP contribution in [0.4, 0.5) is 0 Å². The Hall–Kier alpha value is -3.35. The summed E-state index contributed by atoms with van der Waals surface area (Å²) in [7, 11) is 1.37. The first-order valence-corrected chi connectivity index (χ1v) is 10.6. The lowest BCUT2D eigenvalue weighted by Crippen LogP contribution is -2.56. The molecule has 1 aromatic heterocycles. The molecule has 1 saturated carbocycles. The van der Waals surface area contributed by atoms with Gasteiger partial charge in [-0.05, 0) is 37.1 Å². The average Bonchev–Trinajstić information content (AvgIpc) is 3.15. The Kier molecular flexibility index (Phi) is 6.21. The molecule has 0 atom stereocenters. The zero-order chi connectivity index (χ0) is 21.7. The molecular weight excluding hydrogens is 394 g/mol. The van der Waals surface area contributed by atoms with Gasteiger partial charge in [-0.25, -0.2) is 9.78 Å². The van der Waals surface area contributed by atoms with Crippen molar-refractivity contribution in [3.63, 3.8) is 0 Å². The number of nitrogens with zero attached hydrogens (tertiary/aromatic N) is 2. The van der Waals surface area contributed by atoms with Gasteiger partial charge in [0.1, 0.15) is 30.3 Å². The van der Waals surface area contributed by atoms with E-state index in [-0.39, 0.29) is 25.0 Å². The molecule has 0 spiro atoms. The Bertz CT molecular complexity index is 1060. The van der Waals surface area contributed by atoms with Crippen LogP contribution in [0.3, 0.4) is 0 Å². The van der Waals surface area contributed by atoms with E-state index in [1.807, 2.05) is 59.2 Å². The normalized spacial score (nSPS) is 15.4. The van der Waals surface area contributed by atoms with Crippen LogP contribution < -0.4 is 10.1 Å². The number of hydrogen-bond acceptors (Lipinski definition) is 5. The number of para-hydroxylation sites is 3. The molecule has 1 heterocycles. The number of carbonyl (C=O) groups excluding carboxylic acids is 2. The summed E-state index contributed by atoms with van der Waals surface area (Å²) >= 11 is 0. The summed E-state index contributed by atoms with van der Waals surface area (Å²) in [6, 6.07) is 17.2. The van der Waals surface area contributed by atoms with Gasteiger partial charge >= 0.3 is 5.97 Å². The Balaban J connectivity index is 1.56. The number of carbonyl (C=O) groups is 2. The largest absolute Gasteiger partial charge is 0.486 e. The lowest BCUT2D eigenvalue weighted by molar-refractivity contribution is -0.152. The number of nitrogens with one attached hydrogen (secondary N) is 1. The van der Waals surface area contributed by atoms with Crippen LogP contribution in [-0.2, 0) is 27.5 Å². The van der Waals surface area contributed by atoms with Crippen molar-refractivity contribution < 1.29 is 19.1 Å². The van der Waals surface area contributed by atoms with Crippen molar-refractivity contribution in [2.75, 3.05) is 7.11 Å². The van der Waals surface area contributed by atoms with Crippen LogP contribution in [0.15, 0.2) is 54.6 Å². The number of methoxy groups -OCH3 is 1. The topological polar surface area (TPSA) is 82.5 Å². The number of rotatable bonds is 7. The number of benzene rings is 2. The number of fused-ring (bicyclic) bond motifs is 1. The van der Waals surface area contributed by atoms with Crippen LogP contribution in [0.2, 0.25) is 0 Å². The maximum Gasteiger partial charge on any atom is 0.331 e. The molecular formula is C24H27N3O4. The molecule has 3 aromatic rings. The maximum absolute atomic E-state index is 13.1. The molecule has 0 aliphatic heterocycles. The fourth-order valence-corrected chi connectivity index (χ4v) is 4.26. The zero-order valence-corrected chi connectivity index (χ0v) is 17.7. The third-order valence-electron chi connectivity index (χ3n) is 5.81. The summed E-state index contributed by atoms with van der Waals surface area (Å²) in [6.45, 7) is 0.279. The van der Waals surface area contributed by atoms with Crippen molar-refractivity contribution in [3.8, 4) is 5.75 Å². The van der Waals surface area contributed by atoms with Gasteiger partial charge in [0.25, 0.3) is 0 Å². The minimum atomic E-state index is -0.943. The summed E-state index contributed by atoms with van der Waals surface area (Å²) < 4.78 is 12.7. The zero-order valence-electron chi connectivity index (χ0n) is 17.7. The van der Waals surface area contributed by atoms with Crippen LogP contribution in [0.1, 0.15) is 37.9 Å². The quantitative estimate of drug-likeness (QED) is 0.590. The number of esters is 1. The highest BCUT2D eigenvalue weighted by Crippen LogP contribution is 2.29. The number of ether oxygens (including phenoxy) is 2. The molecule has 1 fully saturated rings. The van der Waals surface area contributed by atoms with Crippen molar-refractivity contribution in [3.05, 3.63) is 60.4 Å². The predicted molar refractivity (Wildman–Crippen MR) is 116 cm³/mol. The van der Waals surface area contributed by atoms with Gasteiger partial charge in [-0.1, -0.05) is 49.6 Å². The summed E-state index contributed by atoms with van der Waals surface area (Å²) in [5, 5.41) is 2.98. The molecule has 1 aliphatic carbocycles. The maximum atomic E-state index is 13.1. The van der Waals surface area contributed by atoms with Crippen molar-refractivity contribution in [2.45, 2.75) is 50.8 Å². The molecule has 0 unspecified atom stereocenters. The Morgan fingerprint density at radius 1 is 1.03 bits per heavy atom.